The predicted molar refractivity (Wildman–Crippen MR) is 73.2 cm³/mol. The molecule has 0 radical (unpaired) electrons. The van der Waals surface area contributed by atoms with Gasteiger partial charge in [-0.15, -0.1) is 0 Å². The van der Waals surface area contributed by atoms with E-state index < -0.39 is 0 Å². The molecule has 0 saturated heterocycles. The van der Waals surface area contributed by atoms with Gasteiger partial charge in [-0.2, -0.15) is 0 Å². The second kappa shape index (κ2) is 6.57. The van der Waals surface area contributed by atoms with Crippen molar-refractivity contribution in [2.24, 2.45) is 5.92 Å². The molecule has 0 aromatic heterocycles. The van der Waals surface area contributed by atoms with Gasteiger partial charge in [0.1, 0.15) is 5.82 Å². The first kappa shape index (κ1) is 14.7. The molecule has 1 aromatic rings. The highest BCUT2D eigenvalue weighted by Gasteiger charge is 2.16. The second-order valence-corrected chi connectivity index (χ2v) is 5.46. The standard InChI is InChI=1S/C12H16BrClFNO/c1-7(2)11(6-17-3)16-12-9(13)4-8(15)5-10(12)14/h4-5,7,11,16H,6H2,1-3H3. The summed E-state index contributed by atoms with van der Waals surface area (Å²) in [6.07, 6.45) is 0. The molecule has 0 aliphatic rings. The summed E-state index contributed by atoms with van der Waals surface area (Å²) in [5.41, 5.74) is 0.698. The van der Waals surface area contributed by atoms with Gasteiger partial charge in [0.2, 0.25) is 0 Å². The first-order chi connectivity index (χ1) is 7.95. The van der Waals surface area contributed by atoms with Gasteiger partial charge in [0.05, 0.1) is 23.4 Å². The number of hydrogen-bond donors (Lipinski definition) is 1. The molecule has 1 N–H and O–H groups in total. The Morgan fingerprint density at radius 1 is 1.47 bits per heavy atom. The molecule has 0 aliphatic heterocycles. The topological polar surface area (TPSA) is 21.3 Å². The van der Waals surface area contributed by atoms with Crippen LogP contribution in [0.15, 0.2) is 16.6 Å². The molecule has 0 fully saturated rings. The van der Waals surface area contributed by atoms with Crippen LogP contribution in [0.2, 0.25) is 5.02 Å². The van der Waals surface area contributed by atoms with Crippen molar-refractivity contribution in [1.82, 2.24) is 0 Å². The predicted octanol–water partition coefficient (Wildman–Crippen LogP) is 4.32. The lowest BCUT2D eigenvalue weighted by Crippen LogP contribution is -2.30. The maximum Gasteiger partial charge on any atom is 0.125 e. The Kier molecular flexibility index (Phi) is 5.70. The van der Waals surface area contributed by atoms with Gasteiger partial charge in [-0.1, -0.05) is 25.4 Å². The van der Waals surface area contributed by atoms with Crippen LogP contribution >= 0.6 is 27.5 Å². The van der Waals surface area contributed by atoms with Crippen molar-refractivity contribution >= 4 is 33.2 Å². The van der Waals surface area contributed by atoms with E-state index in [1.807, 2.05) is 0 Å². The van der Waals surface area contributed by atoms with Gasteiger partial charge in [0.15, 0.2) is 0 Å². The van der Waals surface area contributed by atoms with Crippen molar-refractivity contribution in [3.8, 4) is 0 Å². The van der Waals surface area contributed by atoms with Gasteiger partial charge in [-0.25, -0.2) is 4.39 Å². The van der Waals surface area contributed by atoms with Crippen molar-refractivity contribution in [1.29, 1.82) is 0 Å². The molecule has 0 spiro atoms. The van der Waals surface area contributed by atoms with Crippen molar-refractivity contribution in [3.05, 3.63) is 27.4 Å². The first-order valence-electron chi connectivity index (χ1n) is 5.35. The molecule has 0 amide bonds. The molecule has 5 heteroatoms. The minimum atomic E-state index is -0.361. The number of benzene rings is 1. The van der Waals surface area contributed by atoms with E-state index >= 15 is 0 Å². The maximum absolute atomic E-state index is 13.1. The van der Waals surface area contributed by atoms with Crippen LogP contribution in [0.3, 0.4) is 0 Å². The van der Waals surface area contributed by atoms with E-state index in [2.05, 4.69) is 35.1 Å². The fourth-order valence-corrected chi connectivity index (χ4v) is 2.37. The number of methoxy groups -OCH3 is 1. The largest absolute Gasteiger partial charge is 0.383 e. The first-order valence-corrected chi connectivity index (χ1v) is 6.52. The summed E-state index contributed by atoms with van der Waals surface area (Å²) in [6, 6.07) is 2.80. The van der Waals surface area contributed by atoms with Crippen molar-refractivity contribution in [2.75, 3.05) is 19.0 Å². The summed E-state index contributed by atoms with van der Waals surface area (Å²) < 4.78 is 18.8. The summed E-state index contributed by atoms with van der Waals surface area (Å²) >= 11 is 9.31. The fraction of sp³-hybridized carbons (Fsp3) is 0.500. The van der Waals surface area contributed by atoms with Crippen LogP contribution in [-0.4, -0.2) is 19.8 Å². The van der Waals surface area contributed by atoms with E-state index in [9.17, 15) is 4.39 Å². The molecule has 0 heterocycles. The van der Waals surface area contributed by atoms with E-state index in [4.69, 9.17) is 16.3 Å². The SMILES string of the molecule is COCC(Nc1c(Cl)cc(F)cc1Br)C(C)C. The Morgan fingerprint density at radius 2 is 2.12 bits per heavy atom. The zero-order valence-electron chi connectivity index (χ0n) is 10.1. The highest BCUT2D eigenvalue weighted by atomic mass is 79.9. The van der Waals surface area contributed by atoms with Gasteiger partial charge < -0.3 is 10.1 Å². The van der Waals surface area contributed by atoms with Crippen LogP contribution in [0.4, 0.5) is 10.1 Å². The fourth-order valence-electron chi connectivity index (χ4n) is 1.45. The molecule has 96 valence electrons. The van der Waals surface area contributed by atoms with Crippen LogP contribution in [0.25, 0.3) is 0 Å². The van der Waals surface area contributed by atoms with Crippen LogP contribution in [0.1, 0.15) is 13.8 Å². The number of anilines is 1. The van der Waals surface area contributed by atoms with Gasteiger partial charge in [-0.05, 0) is 34.0 Å². The zero-order chi connectivity index (χ0) is 13.0. The molecular weight excluding hydrogens is 308 g/mol. The average Bonchev–Trinajstić information content (AvgIpc) is 2.21. The van der Waals surface area contributed by atoms with E-state index in [1.54, 1.807) is 7.11 Å². The Hall–Kier alpha value is -0.320. The number of rotatable bonds is 5. The Morgan fingerprint density at radius 3 is 2.59 bits per heavy atom. The molecule has 17 heavy (non-hydrogen) atoms. The third-order valence-electron chi connectivity index (χ3n) is 2.49. The molecule has 0 saturated carbocycles. The second-order valence-electron chi connectivity index (χ2n) is 4.19. The molecular formula is C12H16BrClFNO. The van der Waals surface area contributed by atoms with E-state index in [1.165, 1.54) is 12.1 Å². The smallest absolute Gasteiger partial charge is 0.125 e. The summed E-state index contributed by atoms with van der Waals surface area (Å²) in [5, 5.41) is 3.63. The molecule has 1 aromatic carbocycles. The van der Waals surface area contributed by atoms with Crippen molar-refractivity contribution in [3.63, 3.8) is 0 Å². The van der Waals surface area contributed by atoms with Crippen LogP contribution < -0.4 is 5.32 Å². The number of halogens is 3. The van der Waals surface area contributed by atoms with Crippen LogP contribution in [-0.2, 0) is 4.74 Å². The number of nitrogens with one attached hydrogen (secondary N) is 1. The summed E-state index contributed by atoms with van der Waals surface area (Å²) in [7, 11) is 1.65. The maximum atomic E-state index is 13.1. The van der Waals surface area contributed by atoms with Gasteiger partial charge in [0, 0.05) is 11.6 Å². The van der Waals surface area contributed by atoms with Crippen molar-refractivity contribution < 1.29 is 9.13 Å². The average molecular weight is 325 g/mol. The van der Waals surface area contributed by atoms with Gasteiger partial charge >= 0.3 is 0 Å². The molecule has 0 aliphatic carbocycles. The highest BCUT2D eigenvalue weighted by molar-refractivity contribution is 9.10. The Labute approximate surface area is 115 Å². The van der Waals surface area contributed by atoms with Crippen LogP contribution in [0, 0.1) is 11.7 Å². The van der Waals surface area contributed by atoms with Crippen molar-refractivity contribution in [2.45, 2.75) is 19.9 Å². The lowest BCUT2D eigenvalue weighted by atomic mass is 10.1. The molecule has 1 atom stereocenters. The Balaban J connectivity index is 2.93. The quantitative estimate of drug-likeness (QED) is 0.870. The van der Waals surface area contributed by atoms with E-state index in [0.29, 0.717) is 27.7 Å². The minimum Gasteiger partial charge on any atom is -0.383 e. The lowest BCUT2D eigenvalue weighted by Gasteiger charge is -2.24. The zero-order valence-corrected chi connectivity index (χ0v) is 12.4. The molecule has 1 rings (SSSR count). The highest BCUT2D eigenvalue weighted by Crippen LogP contribution is 2.32. The monoisotopic (exact) mass is 323 g/mol. The van der Waals surface area contributed by atoms with Gasteiger partial charge in [-0.3, -0.25) is 0 Å². The summed E-state index contributed by atoms with van der Waals surface area (Å²) in [5.74, 6) is 0.0169. The number of ether oxygens (including phenoxy) is 1. The molecule has 1 unspecified atom stereocenters. The third kappa shape index (κ3) is 4.12. The lowest BCUT2D eigenvalue weighted by molar-refractivity contribution is 0.171. The molecule has 0 bridgehead atoms. The van der Waals surface area contributed by atoms with Crippen LogP contribution in [0.5, 0.6) is 0 Å². The summed E-state index contributed by atoms with van der Waals surface area (Å²) in [4.78, 5) is 0. The third-order valence-corrected chi connectivity index (χ3v) is 3.41. The van der Waals surface area contributed by atoms with E-state index in [0.717, 1.165) is 0 Å². The number of hydrogen-bond acceptors (Lipinski definition) is 2. The van der Waals surface area contributed by atoms with E-state index in [-0.39, 0.29) is 11.9 Å². The summed E-state index contributed by atoms with van der Waals surface area (Å²) in [6.45, 7) is 4.74. The van der Waals surface area contributed by atoms with Gasteiger partial charge in [0.25, 0.3) is 0 Å². The Bertz CT molecular complexity index is 364. The minimum absolute atomic E-state index is 0.124. The normalized spacial score (nSPS) is 12.9. The molecule has 2 nitrogen and oxygen atoms in total.